The van der Waals surface area contributed by atoms with E-state index in [9.17, 15) is 19.8 Å². The highest BCUT2D eigenvalue weighted by atomic mass is 16.5. The normalized spacial score (nSPS) is 23.8. The number of methoxy groups -OCH3 is 1. The molecule has 1 fully saturated rings. The lowest BCUT2D eigenvalue weighted by Gasteiger charge is -2.43. The van der Waals surface area contributed by atoms with Crippen molar-refractivity contribution in [2.75, 3.05) is 20.2 Å². The number of likely N-dealkylation sites (tertiary alicyclic amines) is 1. The van der Waals surface area contributed by atoms with Crippen LogP contribution >= 0.6 is 0 Å². The molecule has 1 saturated heterocycles. The molecule has 2 rings (SSSR count). The number of piperidine rings is 1. The van der Waals surface area contributed by atoms with Crippen LogP contribution in [0.3, 0.4) is 0 Å². The maximum atomic E-state index is 12.9. The number of carboxylic acid groups (broad SMARTS) is 1. The van der Waals surface area contributed by atoms with Crippen LogP contribution in [0.25, 0.3) is 0 Å². The molecule has 132 valence electrons. The first-order chi connectivity index (χ1) is 11.4. The molecule has 0 radical (unpaired) electrons. The van der Waals surface area contributed by atoms with Gasteiger partial charge in [-0.05, 0) is 31.4 Å². The molecule has 24 heavy (non-hydrogen) atoms. The number of carbonyl (C=O) groups is 2. The number of para-hydroxylation sites is 1. The molecule has 1 aromatic rings. The number of aliphatic carboxylic acids is 1. The van der Waals surface area contributed by atoms with Crippen molar-refractivity contribution >= 4 is 11.9 Å². The van der Waals surface area contributed by atoms with Crippen molar-refractivity contribution < 1.29 is 24.5 Å². The Balaban J connectivity index is 2.34. The standard InChI is InChI=1S/C18H25NO5/c1-4-9-18(17(22)23)11-19(10-8-14(18)20)16(21)13-7-5-6-12(2)15(13)24-3/h5-7,14,20H,4,8-11H2,1-3H3,(H,22,23)/t14-,18+/m0/s1. The van der Waals surface area contributed by atoms with Gasteiger partial charge >= 0.3 is 5.97 Å². The smallest absolute Gasteiger partial charge is 0.314 e. The van der Waals surface area contributed by atoms with Gasteiger partial charge in [-0.15, -0.1) is 0 Å². The number of hydrogen-bond acceptors (Lipinski definition) is 4. The summed E-state index contributed by atoms with van der Waals surface area (Å²) in [5.74, 6) is -0.806. The zero-order valence-electron chi connectivity index (χ0n) is 14.4. The maximum absolute atomic E-state index is 12.9. The SMILES string of the molecule is CCC[C@@]1(C(=O)O)CN(C(=O)c2cccc(C)c2OC)CC[C@@H]1O. The second-order valence-corrected chi connectivity index (χ2v) is 6.40. The van der Waals surface area contributed by atoms with E-state index in [0.717, 1.165) is 5.56 Å². The highest BCUT2D eigenvalue weighted by molar-refractivity contribution is 5.97. The summed E-state index contributed by atoms with van der Waals surface area (Å²) < 4.78 is 5.34. The molecule has 1 aromatic carbocycles. The minimum Gasteiger partial charge on any atom is -0.496 e. The molecule has 6 heteroatoms. The van der Waals surface area contributed by atoms with Crippen molar-refractivity contribution in [1.82, 2.24) is 4.90 Å². The van der Waals surface area contributed by atoms with Crippen LogP contribution < -0.4 is 4.74 Å². The Labute approximate surface area is 142 Å². The van der Waals surface area contributed by atoms with E-state index in [1.165, 1.54) is 12.0 Å². The van der Waals surface area contributed by atoms with Crippen molar-refractivity contribution in [3.05, 3.63) is 29.3 Å². The van der Waals surface area contributed by atoms with Crippen LogP contribution in [0.15, 0.2) is 18.2 Å². The fraction of sp³-hybridized carbons (Fsp3) is 0.556. The molecule has 0 saturated carbocycles. The molecule has 1 aliphatic heterocycles. The third kappa shape index (κ3) is 3.11. The lowest BCUT2D eigenvalue weighted by atomic mass is 9.74. The molecule has 0 aliphatic carbocycles. The predicted molar refractivity (Wildman–Crippen MR) is 89.2 cm³/mol. The summed E-state index contributed by atoms with van der Waals surface area (Å²) in [5, 5.41) is 20.0. The minimum absolute atomic E-state index is 0.00721. The number of carbonyl (C=O) groups excluding carboxylic acids is 1. The van der Waals surface area contributed by atoms with E-state index in [4.69, 9.17) is 4.74 Å². The molecule has 6 nitrogen and oxygen atoms in total. The molecule has 0 unspecified atom stereocenters. The molecule has 1 heterocycles. The van der Waals surface area contributed by atoms with Crippen LogP contribution in [-0.4, -0.2) is 53.3 Å². The average molecular weight is 335 g/mol. The van der Waals surface area contributed by atoms with Crippen molar-refractivity contribution in [2.24, 2.45) is 5.41 Å². The number of amides is 1. The summed E-state index contributed by atoms with van der Waals surface area (Å²) in [6.45, 7) is 4.07. The van der Waals surface area contributed by atoms with E-state index >= 15 is 0 Å². The molecular weight excluding hydrogens is 310 g/mol. The number of nitrogens with zero attached hydrogens (tertiary/aromatic N) is 1. The van der Waals surface area contributed by atoms with E-state index in [1.54, 1.807) is 12.1 Å². The van der Waals surface area contributed by atoms with Gasteiger partial charge in [0.05, 0.1) is 18.8 Å². The van der Waals surface area contributed by atoms with Gasteiger partial charge in [0.2, 0.25) is 0 Å². The fourth-order valence-electron chi connectivity index (χ4n) is 3.52. The zero-order chi connectivity index (χ0) is 17.9. The van der Waals surface area contributed by atoms with Crippen LogP contribution in [0.1, 0.15) is 42.1 Å². The quantitative estimate of drug-likeness (QED) is 0.860. The third-order valence-electron chi connectivity index (χ3n) is 4.84. The summed E-state index contributed by atoms with van der Waals surface area (Å²) in [6, 6.07) is 5.32. The predicted octanol–water partition coefficient (Wildman–Crippen LogP) is 2.08. The van der Waals surface area contributed by atoms with E-state index in [1.807, 2.05) is 19.9 Å². The Hall–Kier alpha value is -2.08. The van der Waals surface area contributed by atoms with Crippen molar-refractivity contribution in [3.63, 3.8) is 0 Å². The molecule has 1 aliphatic rings. The number of carboxylic acids is 1. The van der Waals surface area contributed by atoms with Crippen molar-refractivity contribution in [3.8, 4) is 5.75 Å². The average Bonchev–Trinajstić information content (AvgIpc) is 2.56. The summed E-state index contributed by atoms with van der Waals surface area (Å²) in [5.41, 5.74) is -0.0390. The number of aliphatic hydroxyl groups excluding tert-OH is 1. The Bertz CT molecular complexity index is 630. The van der Waals surface area contributed by atoms with Gasteiger partial charge in [-0.25, -0.2) is 0 Å². The molecule has 2 atom stereocenters. The largest absolute Gasteiger partial charge is 0.496 e. The number of aliphatic hydroxyl groups is 1. The van der Waals surface area contributed by atoms with Gasteiger partial charge in [0.1, 0.15) is 11.2 Å². The first-order valence-electron chi connectivity index (χ1n) is 8.21. The summed E-state index contributed by atoms with van der Waals surface area (Å²) in [7, 11) is 1.51. The summed E-state index contributed by atoms with van der Waals surface area (Å²) in [4.78, 5) is 26.3. The van der Waals surface area contributed by atoms with Gasteiger partial charge in [-0.3, -0.25) is 9.59 Å². The summed E-state index contributed by atoms with van der Waals surface area (Å²) in [6.07, 6.45) is 0.266. The number of ether oxygens (including phenoxy) is 1. The van der Waals surface area contributed by atoms with E-state index in [-0.39, 0.29) is 18.9 Å². The highest BCUT2D eigenvalue weighted by Crippen LogP contribution is 2.37. The van der Waals surface area contributed by atoms with Crippen LogP contribution in [0, 0.1) is 12.3 Å². The topological polar surface area (TPSA) is 87.1 Å². The number of aryl methyl sites for hydroxylation is 1. The highest BCUT2D eigenvalue weighted by Gasteiger charge is 2.49. The van der Waals surface area contributed by atoms with E-state index in [2.05, 4.69) is 0 Å². The Morgan fingerprint density at radius 1 is 1.42 bits per heavy atom. The van der Waals surface area contributed by atoms with Gasteiger partial charge in [-0.1, -0.05) is 25.5 Å². The zero-order valence-corrected chi connectivity index (χ0v) is 14.4. The van der Waals surface area contributed by atoms with Gasteiger partial charge < -0.3 is 19.8 Å². The fourth-order valence-corrected chi connectivity index (χ4v) is 3.52. The minimum atomic E-state index is -1.31. The van der Waals surface area contributed by atoms with Crippen LogP contribution in [0.4, 0.5) is 0 Å². The number of rotatable bonds is 5. The maximum Gasteiger partial charge on any atom is 0.314 e. The molecule has 0 spiro atoms. The first kappa shape index (κ1) is 18.3. The molecular formula is C18H25NO5. The monoisotopic (exact) mass is 335 g/mol. The van der Waals surface area contributed by atoms with Crippen LogP contribution in [0.2, 0.25) is 0 Å². The van der Waals surface area contributed by atoms with Crippen LogP contribution in [0.5, 0.6) is 5.75 Å². The van der Waals surface area contributed by atoms with Crippen molar-refractivity contribution in [2.45, 2.75) is 39.2 Å². The van der Waals surface area contributed by atoms with Crippen LogP contribution in [-0.2, 0) is 4.79 Å². The summed E-state index contributed by atoms with van der Waals surface area (Å²) >= 11 is 0. The first-order valence-corrected chi connectivity index (χ1v) is 8.21. The Morgan fingerprint density at radius 2 is 2.12 bits per heavy atom. The lowest BCUT2D eigenvalue weighted by molar-refractivity contribution is -0.162. The van der Waals surface area contributed by atoms with Gasteiger partial charge in [-0.2, -0.15) is 0 Å². The third-order valence-corrected chi connectivity index (χ3v) is 4.84. The number of hydrogen-bond donors (Lipinski definition) is 2. The molecule has 2 N–H and O–H groups in total. The Morgan fingerprint density at radius 3 is 2.71 bits per heavy atom. The molecule has 0 aromatic heterocycles. The van der Waals surface area contributed by atoms with Gasteiger partial charge in [0, 0.05) is 13.1 Å². The second-order valence-electron chi connectivity index (χ2n) is 6.40. The van der Waals surface area contributed by atoms with Crippen molar-refractivity contribution in [1.29, 1.82) is 0 Å². The second kappa shape index (κ2) is 7.21. The number of benzene rings is 1. The van der Waals surface area contributed by atoms with E-state index < -0.39 is 17.5 Å². The van der Waals surface area contributed by atoms with Gasteiger partial charge in [0.25, 0.3) is 5.91 Å². The molecule has 0 bridgehead atoms. The van der Waals surface area contributed by atoms with E-state index in [0.29, 0.717) is 30.7 Å². The molecule has 1 amide bonds. The Kier molecular flexibility index (Phi) is 5.49. The lowest BCUT2D eigenvalue weighted by Crippen LogP contribution is -2.57. The van der Waals surface area contributed by atoms with Gasteiger partial charge in [0.15, 0.2) is 0 Å².